The average Bonchev–Trinajstić information content (AvgIpc) is 1.41. The third-order valence-corrected chi connectivity index (χ3v) is 0.154. The van der Waals surface area contributed by atoms with Gasteiger partial charge in [0, 0.05) is 21.1 Å². The second-order valence-electron chi connectivity index (χ2n) is 0.194. The minimum Gasteiger partial charge on any atom is -0.0879 e. The molecule has 3 nitrogen and oxygen atoms in total. The van der Waals surface area contributed by atoms with Crippen molar-refractivity contribution in [3.8, 4) is 0 Å². The van der Waals surface area contributed by atoms with Crippen LogP contribution in [0.5, 0.6) is 0 Å². The minimum atomic E-state index is 0. The molecule has 0 unspecified atom stereocenters. The predicted molar refractivity (Wildman–Crippen MR) is 15.0 cm³/mol. The van der Waals surface area contributed by atoms with Crippen LogP contribution in [-0.4, -0.2) is 0 Å². The van der Waals surface area contributed by atoms with Crippen LogP contribution in [0.25, 0.3) is 0 Å². The molecular formula is Cl2MoO3. The van der Waals surface area contributed by atoms with Crippen molar-refractivity contribution in [1.29, 1.82) is 0 Å². The van der Waals surface area contributed by atoms with Crippen molar-refractivity contribution in [3.05, 3.63) is 0 Å². The summed E-state index contributed by atoms with van der Waals surface area (Å²) in [7, 11) is 0. The molecule has 6 heavy (non-hydrogen) atoms. The Hall–Kier alpha value is 1.15. The van der Waals surface area contributed by atoms with Crippen LogP contribution in [0.15, 0.2) is 0 Å². The molecule has 0 atom stereocenters. The molecule has 0 aromatic rings. The molecule has 0 aliphatic heterocycles. The van der Waals surface area contributed by atoms with E-state index in [1.807, 2.05) is 0 Å². The third kappa shape index (κ3) is 8.94. The molecule has 0 radical (unpaired) electrons. The van der Waals surface area contributed by atoms with Gasteiger partial charge < -0.3 is 0 Å². The molecule has 0 aliphatic carbocycles. The van der Waals surface area contributed by atoms with Crippen LogP contribution in [0.3, 0.4) is 0 Å². The fraction of sp³-hybridized carbons (Fsp3) is 0. The quantitative estimate of drug-likeness (QED) is 0.393. The van der Waals surface area contributed by atoms with E-state index in [9.17, 15) is 0 Å². The van der Waals surface area contributed by atoms with E-state index in [4.69, 9.17) is 0 Å². The Morgan fingerprint density at radius 1 is 1.00 bits per heavy atom. The van der Waals surface area contributed by atoms with Crippen LogP contribution in [0.1, 0.15) is 0 Å². The zero-order valence-corrected chi connectivity index (χ0v) is 5.91. The summed E-state index contributed by atoms with van der Waals surface area (Å²) in [5.74, 6) is 0. The number of halogens is 2. The molecule has 0 bridgehead atoms. The summed E-state index contributed by atoms with van der Waals surface area (Å²) in [6.07, 6.45) is 0. The second-order valence-corrected chi connectivity index (χ2v) is 0.446. The van der Waals surface area contributed by atoms with E-state index in [-0.39, 0.29) is 21.1 Å². The van der Waals surface area contributed by atoms with Gasteiger partial charge in [0.2, 0.25) is 0 Å². The molecule has 0 saturated carbocycles. The summed E-state index contributed by atoms with van der Waals surface area (Å²) < 4.78 is 6.62. The first-order valence-electron chi connectivity index (χ1n) is 0.642. The topological polar surface area (TPSA) is 27.7 Å². The molecule has 0 amide bonds. The molecule has 0 spiro atoms. The van der Waals surface area contributed by atoms with Crippen molar-refractivity contribution in [2.75, 3.05) is 0 Å². The van der Waals surface area contributed by atoms with E-state index in [0.717, 1.165) is 0 Å². The van der Waals surface area contributed by atoms with Crippen LogP contribution < -0.4 is 0 Å². The van der Waals surface area contributed by atoms with Crippen LogP contribution in [0.2, 0.25) is 0 Å². The Morgan fingerprint density at radius 2 is 1.33 bits per heavy atom. The van der Waals surface area contributed by atoms with Gasteiger partial charge in [-0.1, -0.05) is 8.88 Å². The van der Waals surface area contributed by atoms with E-state index >= 15 is 0 Å². The molecule has 0 rings (SSSR count). The Kier molecular flexibility index (Phi) is 16.1. The molecule has 6 heteroatoms. The maximum absolute atomic E-state index is 4.37. The average molecular weight is 215 g/mol. The first-order valence-corrected chi connectivity index (χ1v) is 1.26. The monoisotopic (exact) mass is 216 g/mol. The van der Waals surface area contributed by atoms with Gasteiger partial charge in [0.1, 0.15) is 23.7 Å². The van der Waals surface area contributed by atoms with Crippen molar-refractivity contribution in [3.63, 3.8) is 0 Å². The van der Waals surface area contributed by atoms with Gasteiger partial charge in [-0.3, -0.25) is 0 Å². The van der Waals surface area contributed by atoms with E-state index < -0.39 is 0 Å². The molecule has 0 aromatic carbocycles. The van der Waals surface area contributed by atoms with E-state index in [1.165, 1.54) is 0 Å². The molecule has 38 valence electrons. The first kappa shape index (κ1) is 10.2. The van der Waals surface area contributed by atoms with Gasteiger partial charge in [-0.15, -0.1) is 0 Å². The van der Waals surface area contributed by atoms with Crippen molar-refractivity contribution in [2.24, 2.45) is 0 Å². The van der Waals surface area contributed by atoms with Gasteiger partial charge in [0.15, 0.2) is 0 Å². The van der Waals surface area contributed by atoms with Crippen molar-refractivity contribution in [1.82, 2.24) is 0 Å². The van der Waals surface area contributed by atoms with Crippen molar-refractivity contribution >= 4 is 23.7 Å². The van der Waals surface area contributed by atoms with Crippen LogP contribution in [-0.2, 0) is 35.0 Å². The third-order valence-electron chi connectivity index (χ3n) is 0.0514. The molecular weight excluding hydrogens is 215 g/mol. The zero-order valence-electron chi connectivity index (χ0n) is 2.39. The molecule has 0 heterocycles. The predicted octanol–water partition coefficient (Wildman–Crippen LogP) is 1.17. The summed E-state index contributed by atoms with van der Waals surface area (Å²) in [6.45, 7) is 0. The number of rotatable bonds is 2. The standard InChI is InChI=1S/Cl2O3.Mo/c1-3-5-4-2;. The zero-order chi connectivity index (χ0) is 4.12. The SMILES string of the molecule is ClOOOCl.[Mo]. The van der Waals surface area contributed by atoms with E-state index in [0.29, 0.717) is 0 Å². The normalized spacial score (nSPS) is 7.00. The van der Waals surface area contributed by atoms with Gasteiger partial charge in [-0.25, -0.2) is 0 Å². The van der Waals surface area contributed by atoms with E-state index in [2.05, 4.69) is 37.7 Å². The minimum absolute atomic E-state index is 0. The summed E-state index contributed by atoms with van der Waals surface area (Å²) in [6, 6.07) is 0. The largest absolute Gasteiger partial charge is 0.103 e. The van der Waals surface area contributed by atoms with E-state index in [1.54, 1.807) is 0 Å². The van der Waals surface area contributed by atoms with Crippen LogP contribution in [0.4, 0.5) is 0 Å². The molecule has 0 N–H and O–H groups in total. The molecule has 0 fully saturated rings. The Labute approximate surface area is 58.9 Å². The molecule has 0 aliphatic rings. The Morgan fingerprint density at radius 3 is 1.33 bits per heavy atom. The first-order chi connectivity index (χ1) is 2.41. The Bertz CT molecular complexity index is 16.3. The van der Waals surface area contributed by atoms with Crippen molar-refractivity contribution < 1.29 is 35.0 Å². The van der Waals surface area contributed by atoms with Gasteiger partial charge >= 0.3 is 0 Å². The molecule has 0 saturated heterocycles. The second kappa shape index (κ2) is 9.47. The fourth-order valence-corrected chi connectivity index (χ4v) is 0.0875. The summed E-state index contributed by atoms with van der Waals surface area (Å²) in [5, 5.41) is 3.36. The van der Waals surface area contributed by atoms with Crippen LogP contribution in [0, 0.1) is 0 Å². The summed E-state index contributed by atoms with van der Waals surface area (Å²) in [5.41, 5.74) is 0. The maximum Gasteiger partial charge on any atom is 0.103 e. The Balaban J connectivity index is 0. The summed E-state index contributed by atoms with van der Waals surface area (Å²) >= 11 is 8.74. The van der Waals surface area contributed by atoms with Gasteiger partial charge in [-0.05, 0) is 5.04 Å². The van der Waals surface area contributed by atoms with Gasteiger partial charge in [0.05, 0.1) is 0 Å². The fourth-order valence-electron chi connectivity index (χ4n) is 0.00972. The molecule has 0 aromatic heterocycles. The maximum atomic E-state index is 4.37. The summed E-state index contributed by atoms with van der Waals surface area (Å²) in [4.78, 5) is 0. The number of hydrogen-bond donors (Lipinski definition) is 0. The van der Waals surface area contributed by atoms with Crippen molar-refractivity contribution in [2.45, 2.75) is 0 Å². The van der Waals surface area contributed by atoms with Gasteiger partial charge in [0.25, 0.3) is 0 Å². The smallest absolute Gasteiger partial charge is 0.0879 e. The van der Waals surface area contributed by atoms with Gasteiger partial charge in [-0.2, -0.15) is 0 Å². The van der Waals surface area contributed by atoms with Crippen LogP contribution >= 0.6 is 23.7 Å². The number of hydrogen-bond acceptors (Lipinski definition) is 3.